The lowest BCUT2D eigenvalue weighted by Crippen LogP contribution is -3.00. The Bertz CT molecular complexity index is 1550. The lowest BCUT2D eigenvalue weighted by atomic mass is 9.91. The van der Waals surface area contributed by atoms with E-state index >= 15 is 0 Å². The number of halogens is 1. The van der Waals surface area contributed by atoms with Crippen LogP contribution in [0.2, 0.25) is 0 Å². The van der Waals surface area contributed by atoms with Crippen LogP contribution in [0.1, 0.15) is 17.0 Å². The summed E-state index contributed by atoms with van der Waals surface area (Å²) in [6, 6.07) is 63.1. The van der Waals surface area contributed by atoms with Gasteiger partial charge in [-0.05, 0) is 59.7 Å². The van der Waals surface area contributed by atoms with Crippen LogP contribution in [0.25, 0.3) is 0 Å². The van der Waals surface area contributed by atoms with Crippen molar-refractivity contribution in [3.63, 3.8) is 0 Å². The maximum absolute atomic E-state index is 7.63. The van der Waals surface area contributed by atoms with E-state index in [0.717, 1.165) is 32.7 Å². The normalized spacial score (nSPS) is 11.5. The molecule has 4 heteroatoms. The van der Waals surface area contributed by atoms with E-state index in [1.54, 1.807) is 0 Å². The molecule has 0 N–H and O–H groups in total. The molecule has 0 fully saturated rings. The van der Waals surface area contributed by atoms with Crippen molar-refractivity contribution in [1.29, 1.82) is 0 Å². The van der Waals surface area contributed by atoms with Gasteiger partial charge in [0.05, 0.1) is 11.6 Å². The summed E-state index contributed by atoms with van der Waals surface area (Å²) in [7, 11) is -2.67. The molecule has 206 valence electrons. The minimum Gasteiger partial charge on any atom is -1.00 e. The van der Waals surface area contributed by atoms with E-state index in [4.69, 9.17) is 9.52 Å². The van der Waals surface area contributed by atoms with Gasteiger partial charge in [0.25, 0.3) is 13.4 Å². The van der Waals surface area contributed by atoms with Crippen LogP contribution >= 0.6 is 7.49 Å². The average molecular weight is 629 g/mol. The predicted octanol–water partition coefficient (Wildman–Crippen LogP) is 5.48. The first-order valence-corrected chi connectivity index (χ1v) is 15.5. The average Bonchev–Trinajstić information content (AvgIpc) is 3.06. The first kappa shape index (κ1) is 29.2. The van der Waals surface area contributed by atoms with E-state index in [-0.39, 0.29) is 22.9 Å². The van der Waals surface area contributed by atoms with Crippen molar-refractivity contribution in [1.82, 2.24) is 0 Å². The second-order valence-electron chi connectivity index (χ2n) is 9.75. The van der Waals surface area contributed by atoms with Crippen molar-refractivity contribution in [3.8, 4) is 0 Å². The lowest BCUT2D eigenvalue weighted by molar-refractivity contribution is -0.00000864. The zero-order chi connectivity index (χ0) is 27.7. The van der Waals surface area contributed by atoms with Crippen molar-refractivity contribution >= 4 is 35.0 Å². The molecule has 0 aliphatic carbocycles. The molecule has 6 aromatic carbocycles. The highest BCUT2D eigenvalue weighted by Gasteiger charge is 2.51. The second kappa shape index (κ2) is 14.0. The van der Waals surface area contributed by atoms with Crippen LogP contribution < -0.4 is 32.9 Å². The molecule has 0 unspecified atom stereocenters. The van der Waals surface area contributed by atoms with Crippen molar-refractivity contribution in [2.75, 3.05) is 0 Å². The molecule has 0 bridgehead atoms. The van der Waals surface area contributed by atoms with Gasteiger partial charge in [-0.1, -0.05) is 133 Å². The van der Waals surface area contributed by atoms with Gasteiger partial charge in [-0.2, -0.15) is 0 Å². The number of nitrogens with zero attached hydrogens (tertiary/aromatic N) is 1. The first-order valence-electron chi connectivity index (χ1n) is 13.8. The van der Waals surface area contributed by atoms with Gasteiger partial charge in [0.15, 0.2) is 0 Å². The van der Waals surface area contributed by atoms with E-state index in [1.807, 2.05) is 30.3 Å². The zero-order valence-electron chi connectivity index (χ0n) is 23.1. The van der Waals surface area contributed by atoms with Gasteiger partial charge in [-0.3, -0.25) is 0 Å². The predicted molar refractivity (Wildman–Crippen MR) is 174 cm³/mol. The van der Waals surface area contributed by atoms with Crippen LogP contribution in [-0.4, -0.2) is 5.90 Å². The van der Waals surface area contributed by atoms with Crippen molar-refractivity contribution < 1.29 is 21.5 Å². The van der Waals surface area contributed by atoms with Crippen LogP contribution in [-0.2, 0) is 4.52 Å². The van der Waals surface area contributed by atoms with Crippen molar-refractivity contribution in [3.05, 3.63) is 193 Å². The van der Waals surface area contributed by atoms with Crippen LogP contribution in [0.15, 0.2) is 187 Å². The SMILES string of the molecule is [Br-].c1ccc(N=C(O[P+](c2ccccc2)(c2ccccc2)c2ccccc2)C(c2ccccc2)c2ccccc2)cc1. The molecular formula is C38H31BrNOP. The van der Waals surface area contributed by atoms with Crippen LogP contribution in [0.3, 0.4) is 0 Å². The largest absolute Gasteiger partial charge is 1.00 e. The molecular weight excluding hydrogens is 597 g/mol. The lowest BCUT2D eigenvalue weighted by Gasteiger charge is -2.29. The molecule has 0 saturated carbocycles. The molecule has 42 heavy (non-hydrogen) atoms. The van der Waals surface area contributed by atoms with Gasteiger partial charge in [0.1, 0.15) is 15.9 Å². The fraction of sp³-hybridized carbons (Fsp3) is 0.0263. The van der Waals surface area contributed by atoms with E-state index in [0.29, 0.717) is 5.90 Å². The molecule has 0 aromatic heterocycles. The molecule has 2 nitrogen and oxygen atoms in total. The number of para-hydroxylation sites is 1. The van der Waals surface area contributed by atoms with Crippen LogP contribution in [0.4, 0.5) is 5.69 Å². The molecule has 6 aromatic rings. The van der Waals surface area contributed by atoms with Crippen molar-refractivity contribution in [2.45, 2.75) is 5.92 Å². The Morgan fingerprint density at radius 2 is 0.738 bits per heavy atom. The third-order valence-corrected chi connectivity index (χ3v) is 10.6. The second-order valence-corrected chi connectivity index (χ2v) is 12.7. The number of rotatable bonds is 8. The third-order valence-electron chi connectivity index (χ3n) is 7.10. The Labute approximate surface area is 259 Å². The number of hydrogen-bond acceptors (Lipinski definition) is 2. The van der Waals surface area contributed by atoms with Gasteiger partial charge >= 0.3 is 0 Å². The smallest absolute Gasteiger partial charge is 0.289 e. The monoisotopic (exact) mass is 627 g/mol. The Morgan fingerprint density at radius 1 is 0.429 bits per heavy atom. The summed E-state index contributed by atoms with van der Waals surface area (Å²) in [6.45, 7) is 0. The minimum absolute atomic E-state index is 0. The molecule has 6 rings (SSSR count). The molecule has 0 aliphatic heterocycles. The van der Waals surface area contributed by atoms with E-state index in [2.05, 4.69) is 152 Å². The Morgan fingerprint density at radius 3 is 1.10 bits per heavy atom. The summed E-state index contributed by atoms with van der Waals surface area (Å²) in [5.41, 5.74) is 3.10. The minimum atomic E-state index is -2.67. The van der Waals surface area contributed by atoms with E-state index in [9.17, 15) is 0 Å². The van der Waals surface area contributed by atoms with E-state index < -0.39 is 7.49 Å². The molecule has 0 aliphatic rings. The van der Waals surface area contributed by atoms with Crippen LogP contribution in [0, 0.1) is 0 Å². The molecule has 0 spiro atoms. The molecule has 0 radical (unpaired) electrons. The van der Waals surface area contributed by atoms with Crippen LogP contribution in [0.5, 0.6) is 0 Å². The summed E-state index contributed by atoms with van der Waals surface area (Å²) >= 11 is 0. The summed E-state index contributed by atoms with van der Waals surface area (Å²) in [5, 5.41) is 3.41. The zero-order valence-corrected chi connectivity index (χ0v) is 25.6. The van der Waals surface area contributed by atoms with Gasteiger partial charge in [-0.15, -0.1) is 0 Å². The summed E-state index contributed by atoms with van der Waals surface area (Å²) in [6.07, 6.45) is 0. The maximum Gasteiger partial charge on any atom is 0.289 e. The number of hydrogen-bond donors (Lipinski definition) is 0. The Hall–Kier alpha value is -4.30. The molecule has 0 amide bonds. The summed E-state index contributed by atoms with van der Waals surface area (Å²) < 4.78 is 7.63. The highest BCUT2D eigenvalue weighted by atomic mass is 79.9. The van der Waals surface area contributed by atoms with Gasteiger partial charge in [-0.25, -0.2) is 4.99 Å². The fourth-order valence-electron chi connectivity index (χ4n) is 5.20. The molecule has 0 saturated heterocycles. The van der Waals surface area contributed by atoms with Gasteiger partial charge in [0.2, 0.25) is 0 Å². The molecule has 0 atom stereocenters. The summed E-state index contributed by atoms with van der Waals surface area (Å²) in [4.78, 5) is 5.30. The number of aliphatic imine (C=N–C) groups is 1. The highest BCUT2D eigenvalue weighted by Crippen LogP contribution is 2.58. The first-order chi connectivity index (χ1) is 20.3. The topological polar surface area (TPSA) is 21.6 Å². The standard InChI is InChI=1S/C38H31NOP.BrH/c1-7-19-31(20-8-1)37(32-21-9-2-10-22-32)38(39-33-23-11-3-12-24-33)40-41(34-25-13-4-14-26-34,35-27-15-5-16-28-35)36-29-17-6-18-30-36;/h1-30,37H;1H/q+1;/p-1. The fourth-order valence-corrected chi connectivity index (χ4v) is 8.61. The van der Waals surface area contributed by atoms with Gasteiger partial charge < -0.3 is 21.5 Å². The Kier molecular flexibility index (Phi) is 9.77. The Balaban J connectivity index is 0.00000353. The highest BCUT2D eigenvalue weighted by molar-refractivity contribution is 7.92. The summed E-state index contributed by atoms with van der Waals surface area (Å²) in [5.74, 6) is 0.451. The third kappa shape index (κ3) is 6.29. The number of benzene rings is 6. The van der Waals surface area contributed by atoms with Gasteiger partial charge in [0, 0.05) is 0 Å². The quantitative estimate of drug-likeness (QED) is 0.124. The maximum atomic E-state index is 7.63. The molecule has 0 heterocycles. The van der Waals surface area contributed by atoms with E-state index in [1.165, 1.54) is 0 Å². The van der Waals surface area contributed by atoms with Crippen molar-refractivity contribution in [2.24, 2.45) is 4.99 Å².